The molecule has 1 heterocycles. The predicted octanol–water partition coefficient (Wildman–Crippen LogP) is 1.31. The number of aromatic amines is 1. The van der Waals surface area contributed by atoms with Gasteiger partial charge in [-0.3, -0.25) is 14.4 Å². The second kappa shape index (κ2) is 15.7. The molecule has 232 valence electrons. The van der Waals surface area contributed by atoms with E-state index in [0.29, 0.717) is 24.9 Å². The number of phenols is 1. The molecule has 0 aliphatic carbocycles. The van der Waals surface area contributed by atoms with Gasteiger partial charge in [-0.2, -0.15) is 0 Å². The Kier molecular flexibility index (Phi) is 12.1. The molecule has 4 unspecified atom stereocenters. The molecule has 0 saturated carbocycles. The van der Waals surface area contributed by atoms with Crippen molar-refractivity contribution in [2.24, 2.45) is 17.4 Å². The van der Waals surface area contributed by atoms with Crippen molar-refractivity contribution in [2.45, 2.75) is 70.1 Å². The van der Waals surface area contributed by atoms with Crippen molar-refractivity contribution in [2.75, 3.05) is 6.54 Å². The number of benzene rings is 2. The number of aromatic nitrogens is 1. The summed E-state index contributed by atoms with van der Waals surface area (Å²) in [5.41, 5.74) is 13.7. The van der Waals surface area contributed by atoms with Crippen LogP contribution < -0.4 is 27.4 Å². The summed E-state index contributed by atoms with van der Waals surface area (Å²) in [7, 11) is 0. The molecule has 0 radical (unpaired) electrons. The van der Waals surface area contributed by atoms with Gasteiger partial charge in [-0.05, 0) is 54.6 Å². The predicted molar refractivity (Wildman–Crippen MR) is 163 cm³/mol. The van der Waals surface area contributed by atoms with Gasteiger partial charge in [0.1, 0.15) is 23.9 Å². The maximum absolute atomic E-state index is 13.6. The van der Waals surface area contributed by atoms with Gasteiger partial charge >= 0.3 is 5.97 Å². The lowest BCUT2D eigenvalue weighted by Gasteiger charge is -2.27. The van der Waals surface area contributed by atoms with Crippen molar-refractivity contribution in [3.05, 3.63) is 65.9 Å². The van der Waals surface area contributed by atoms with E-state index in [2.05, 4.69) is 20.9 Å². The van der Waals surface area contributed by atoms with E-state index in [-0.39, 0.29) is 24.5 Å². The minimum absolute atomic E-state index is 0.0319. The first kappa shape index (κ1) is 33.1. The highest BCUT2D eigenvalue weighted by molar-refractivity contribution is 5.95. The van der Waals surface area contributed by atoms with Gasteiger partial charge in [-0.1, -0.05) is 50.6 Å². The smallest absolute Gasteiger partial charge is 0.326 e. The van der Waals surface area contributed by atoms with E-state index < -0.39 is 47.9 Å². The third kappa shape index (κ3) is 9.55. The summed E-state index contributed by atoms with van der Waals surface area (Å²) >= 11 is 0. The van der Waals surface area contributed by atoms with Crippen molar-refractivity contribution < 1.29 is 29.4 Å². The molecule has 12 nitrogen and oxygen atoms in total. The molecule has 3 amide bonds. The topological polar surface area (TPSA) is 213 Å². The molecule has 4 atom stereocenters. The normalized spacial score (nSPS) is 14.1. The molecule has 43 heavy (non-hydrogen) atoms. The Labute approximate surface area is 250 Å². The number of nitrogens with one attached hydrogen (secondary N) is 4. The molecule has 0 aliphatic rings. The van der Waals surface area contributed by atoms with Gasteiger partial charge in [0.15, 0.2) is 0 Å². The van der Waals surface area contributed by atoms with Crippen LogP contribution in [0, 0.1) is 5.92 Å². The quantitative estimate of drug-likeness (QED) is 0.113. The molecule has 0 saturated heterocycles. The van der Waals surface area contributed by atoms with E-state index in [1.54, 1.807) is 32.2 Å². The number of unbranched alkanes of at least 4 members (excludes halogenated alkanes) is 1. The third-order valence-corrected chi connectivity index (χ3v) is 7.28. The molecule has 10 N–H and O–H groups in total. The SMILES string of the molecule is CC(C)C(NC(=O)C(N)CCCCN)C(=O)NC(Cc1c[nH]c2ccccc12)C(=O)NC(Cc1ccc(O)cc1)C(=O)O. The fourth-order valence-corrected chi connectivity index (χ4v) is 4.77. The first-order valence-electron chi connectivity index (χ1n) is 14.4. The van der Waals surface area contributed by atoms with Gasteiger partial charge in [-0.25, -0.2) is 4.79 Å². The lowest BCUT2D eigenvalue weighted by atomic mass is 9.99. The number of H-pyrrole nitrogens is 1. The number of carboxylic acids is 1. The number of hydrogen-bond donors (Lipinski definition) is 8. The van der Waals surface area contributed by atoms with Crippen molar-refractivity contribution in [1.29, 1.82) is 0 Å². The number of aromatic hydroxyl groups is 1. The van der Waals surface area contributed by atoms with Crippen LogP contribution >= 0.6 is 0 Å². The number of hydrogen-bond acceptors (Lipinski definition) is 7. The minimum Gasteiger partial charge on any atom is -0.508 e. The molecule has 3 aromatic rings. The molecule has 12 heteroatoms. The standard InChI is InChI=1S/C31H42N6O6/c1-18(2)27(37-28(39)23(33)8-5-6-14-32)30(41)35-25(16-20-17-34-24-9-4-3-7-22(20)24)29(40)36-26(31(42)43)15-19-10-12-21(38)13-11-19/h3-4,7,9-13,17-18,23,25-27,34,38H,5-6,8,14-16,32-33H2,1-2H3,(H,35,41)(H,36,40)(H,37,39)(H,42,43). The van der Waals surface area contributed by atoms with E-state index in [0.717, 1.165) is 22.9 Å². The van der Waals surface area contributed by atoms with E-state index in [1.165, 1.54) is 12.1 Å². The van der Waals surface area contributed by atoms with E-state index in [1.807, 2.05) is 24.3 Å². The van der Waals surface area contributed by atoms with Gasteiger partial charge in [0, 0.05) is 29.9 Å². The number of aliphatic carboxylic acids is 1. The Bertz CT molecular complexity index is 1390. The van der Waals surface area contributed by atoms with Crippen LogP contribution in [0.5, 0.6) is 5.75 Å². The van der Waals surface area contributed by atoms with Gasteiger partial charge in [0.25, 0.3) is 0 Å². The second-order valence-corrected chi connectivity index (χ2v) is 11.0. The fourth-order valence-electron chi connectivity index (χ4n) is 4.77. The summed E-state index contributed by atoms with van der Waals surface area (Å²) in [5.74, 6) is -3.33. The average molecular weight is 595 g/mol. The van der Waals surface area contributed by atoms with Crippen LogP contribution in [-0.2, 0) is 32.0 Å². The van der Waals surface area contributed by atoms with E-state index in [9.17, 15) is 29.4 Å². The summed E-state index contributed by atoms with van der Waals surface area (Å²) in [5, 5.41) is 28.3. The van der Waals surface area contributed by atoms with Gasteiger partial charge in [0.05, 0.1) is 6.04 Å². The highest BCUT2D eigenvalue weighted by Gasteiger charge is 2.32. The molecular formula is C31H42N6O6. The van der Waals surface area contributed by atoms with Crippen LogP contribution in [0.15, 0.2) is 54.7 Å². The number of phenolic OH excluding ortho intramolecular Hbond substituents is 1. The summed E-state index contributed by atoms with van der Waals surface area (Å²) in [6.45, 7) is 4.01. The van der Waals surface area contributed by atoms with Crippen LogP contribution in [0.3, 0.4) is 0 Å². The number of para-hydroxylation sites is 1. The maximum Gasteiger partial charge on any atom is 0.326 e. The highest BCUT2D eigenvalue weighted by Crippen LogP contribution is 2.20. The van der Waals surface area contributed by atoms with Gasteiger partial charge < -0.3 is 42.6 Å². The Balaban J connectivity index is 1.82. The summed E-state index contributed by atoms with van der Waals surface area (Å²) in [6.07, 6.45) is 3.57. The van der Waals surface area contributed by atoms with Gasteiger partial charge in [0.2, 0.25) is 17.7 Å². The van der Waals surface area contributed by atoms with E-state index in [4.69, 9.17) is 11.5 Å². The lowest BCUT2D eigenvalue weighted by Crippen LogP contribution is -2.59. The number of amides is 3. The fraction of sp³-hybridized carbons (Fsp3) is 0.419. The minimum atomic E-state index is -1.30. The van der Waals surface area contributed by atoms with Crippen LogP contribution in [0.25, 0.3) is 10.9 Å². The number of carbonyl (C=O) groups is 4. The number of carbonyl (C=O) groups excluding carboxylic acids is 3. The average Bonchev–Trinajstić information content (AvgIpc) is 3.38. The lowest BCUT2D eigenvalue weighted by molar-refractivity contribution is -0.142. The van der Waals surface area contributed by atoms with Crippen LogP contribution in [0.1, 0.15) is 44.2 Å². The zero-order chi connectivity index (χ0) is 31.5. The monoisotopic (exact) mass is 594 g/mol. The van der Waals surface area contributed by atoms with Crippen LogP contribution in [0.4, 0.5) is 0 Å². The Hall–Kier alpha value is -4.42. The number of nitrogens with two attached hydrogens (primary N) is 2. The van der Waals surface area contributed by atoms with E-state index >= 15 is 0 Å². The zero-order valence-electron chi connectivity index (χ0n) is 24.5. The second-order valence-electron chi connectivity index (χ2n) is 11.0. The molecule has 0 spiro atoms. The molecule has 0 aliphatic heterocycles. The molecular weight excluding hydrogens is 552 g/mol. The molecule has 3 rings (SSSR count). The maximum atomic E-state index is 13.6. The summed E-state index contributed by atoms with van der Waals surface area (Å²) in [4.78, 5) is 55.2. The van der Waals surface area contributed by atoms with Crippen molar-refractivity contribution in [3.63, 3.8) is 0 Å². The number of rotatable bonds is 16. The Morgan fingerprint density at radius 3 is 2.19 bits per heavy atom. The number of carboxylic acid groups (broad SMARTS) is 1. The van der Waals surface area contributed by atoms with Crippen LogP contribution in [0.2, 0.25) is 0 Å². The number of fused-ring (bicyclic) bond motifs is 1. The largest absolute Gasteiger partial charge is 0.508 e. The zero-order valence-corrected chi connectivity index (χ0v) is 24.5. The first-order chi connectivity index (χ1) is 20.5. The highest BCUT2D eigenvalue weighted by atomic mass is 16.4. The molecule has 1 aromatic heterocycles. The van der Waals surface area contributed by atoms with Crippen molar-refractivity contribution >= 4 is 34.6 Å². The summed E-state index contributed by atoms with van der Waals surface area (Å²) in [6, 6.07) is 9.22. The molecule has 2 aromatic carbocycles. The van der Waals surface area contributed by atoms with Crippen molar-refractivity contribution in [3.8, 4) is 5.75 Å². The van der Waals surface area contributed by atoms with Gasteiger partial charge in [-0.15, -0.1) is 0 Å². The first-order valence-corrected chi connectivity index (χ1v) is 14.4. The Morgan fingerprint density at radius 1 is 0.860 bits per heavy atom. The Morgan fingerprint density at radius 2 is 1.53 bits per heavy atom. The van der Waals surface area contributed by atoms with Crippen molar-refractivity contribution in [1.82, 2.24) is 20.9 Å². The summed E-state index contributed by atoms with van der Waals surface area (Å²) < 4.78 is 0. The van der Waals surface area contributed by atoms with Crippen LogP contribution in [-0.4, -0.2) is 69.6 Å². The third-order valence-electron chi connectivity index (χ3n) is 7.28. The molecule has 0 fully saturated rings. The molecule has 0 bridgehead atoms.